The standard InChI is InChI=1S/C27H39BBrClFN5O4S/c1-9-41-23-32-19-17(20(29)33-21(30)18(19)31)22(34-23)36-14-13-35(24(37)38-25(2,3)4)15-16(36)11-10-12-28-39-26(5,6)27(7,8)40-28/h16H,9-15H2,1-8H3. The zero-order valence-electron chi connectivity index (χ0n) is 25.0. The number of rotatable bonds is 7. The number of thioether (sulfide) groups is 1. The predicted molar refractivity (Wildman–Crippen MR) is 165 cm³/mol. The predicted octanol–water partition coefficient (Wildman–Crippen LogP) is 6.99. The van der Waals surface area contributed by atoms with Gasteiger partial charge < -0.3 is 23.8 Å². The lowest BCUT2D eigenvalue weighted by Gasteiger charge is -2.42. The highest BCUT2D eigenvalue weighted by Crippen LogP contribution is 2.40. The maximum atomic E-state index is 15.2. The van der Waals surface area contributed by atoms with Gasteiger partial charge in [0.05, 0.1) is 16.6 Å². The molecule has 0 spiro atoms. The van der Waals surface area contributed by atoms with Crippen LogP contribution in [0.3, 0.4) is 0 Å². The van der Waals surface area contributed by atoms with Gasteiger partial charge in [-0.25, -0.2) is 24.1 Å². The van der Waals surface area contributed by atoms with Gasteiger partial charge in [-0.2, -0.15) is 0 Å². The molecule has 41 heavy (non-hydrogen) atoms. The van der Waals surface area contributed by atoms with E-state index in [1.807, 2.05) is 55.4 Å². The molecule has 9 nitrogen and oxygen atoms in total. The Morgan fingerprint density at radius 2 is 1.85 bits per heavy atom. The third kappa shape index (κ3) is 7.22. The van der Waals surface area contributed by atoms with Gasteiger partial charge in [0.2, 0.25) is 0 Å². The van der Waals surface area contributed by atoms with Crippen LogP contribution in [0.15, 0.2) is 9.76 Å². The Bertz CT molecular complexity index is 1280. The summed E-state index contributed by atoms with van der Waals surface area (Å²) in [6.45, 7) is 17.0. The number of anilines is 1. The number of hydrogen-bond acceptors (Lipinski definition) is 9. The second kappa shape index (κ2) is 12.3. The first-order valence-corrected chi connectivity index (χ1v) is 16.1. The number of hydrogen-bond donors (Lipinski definition) is 0. The molecular formula is C27H39BBrClFN5O4S. The van der Waals surface area contributed by atoms with Crippen molar-refractivity contribution in [3.05, 3.63) is 15.6 Å². The molecule has 2 fully saturated rings. The largest absolute Gasteiger partial charge is 0.457 e. The summed E-state index contributed by atoms with van der Waals surface area (Å²) in [4.78, 5) is 30.4. The average molecular weight is 675 g/mol. The van der Waals surface area contributed by atoms with Crippen molar-refractivity contribution in [3.8, 4) is 0 Å². The number of fused-ring (bicyclic) bond motifs is 1. The van der Waals surface area contributed by atoms with Crippen molar-refractivity contribution in [2.45, 2.75) is 103 Å². The minimum absolute atomic E-state index is 0.114. The van der Waals surface area contributed by atoms with Gasteiger partial charge in [0.1, 0.15) is 21.5 Å². The molecule has 226 valence electrons. The zero-order valence-corrected chi connectivity index (χ0v) is 28.2. The molecule has 0 radical (unpaired) electrons. The number of aromatic nitrogens is 3. The Morgan fingerprint density at radius 1 is 1.20 bits per heavy atom. The summed E-state index contributed by atoms with van der Waals surface area (Å²) >= 11 is 11.0. The van der Waals surface area contributed by atoms with E-state index in [9.17, 15) is 4.79 Å². The monoisotopic (exact) mass is 673 g/mol. The molecular weight excluding hydrogens is 636 g/mol. The summed E-state index contributed by atoms with van der Waals surface area (Å²) in [6.07, 6.45) is 1.83. The molecule has 0 aliphatic carbocycles. The molecule has 1 amide bonds. The van der Waals surface area contributed by atoms with E-state index in [1.54, 1.807) is 4.90 Å². The van der Waals surface area contributed by atoms with E-state index in [0.717, 1.165) is 12.2 Å². The normalized spacial score (nSPS) is 20.7. The van der Waals surface area contributed by atoms with Crippen molar-refractivity contribution >= 4 is 69.2 Å². The molecule has 2 aromatic heterocycles. The van der Waals surface area contributed by atoms with Gasteiger partial charge >= 0.3 is 13.2 Å². The number of amides is 1. The van der Waals surface area contributed by atoms with E-state index in [2.05, 4.69) is 30.8 Å². The fourth-order valence-corrected chi connectivity index (χ4v) is 6.33. The fourth-order valence-electron chi connectivity index (χ4n) is 4.94. The third-order valence-corrected chi connectivity index (χ3v) is 9.17. The average Bonchev–Trinajstić information content (AvgIpc) is 3.06. The van der Waals surface area contributed by atoms with Gasteiger partial charge in [-0.15, -0.1) is 0 Å². The maximum absolute atomic E-state index is 15.2. The first-order valence-electron chi connectivity index (χ1n) is 14.0. The topological polar surface area (TPSA) is 89.9 Å². The Hall–Kier alpha value is -1.41. The third-order valence-electron chi connectivity index (χ3n) is 7.62. The molecule has 0 aromatic carbocycles. The van der Waals surface area contributed by atoms with E-state index in [0.29, 0.717) is 53.3 Å². The molecule has 14 heteroatoms. The summed E-state index contributed by atoms with van der Waals surface area (Å²) in [5.41, 5.74) is -1.30. The lowest BCUT2D eigenvalue weighted by atomic mass is 9.81. The summed E-state index contributed by atoms with van der Waals surface area (Å²) in [7, 11) is -0.319. The van der Waals surface area contributed by atoms with Crippen molar-refractivity contribution in [2.24, 2.45) is 0 Å². The van der Waals surface area contributed by atoms with Crippen LogP contribution in [-0.4, -0.2) is 81.3 Å². The quantitative estimate of drug-likeness (QED) is 0.133. The Kier molecular flexibility index (Phi) is 9.75. The lowest BCUT2D eigenvalue weighted by Crippen LogP contribution is -2.56. The molecule has 1 unspecified atom stereocenters. The molecule has 2 aliphatic rings. The van der Waals surface area contributed by atoms with Crippen molar-refractivity contribution in [1.29, 1.82) is 0 Å². The van der Waals surface area contributed by atoms with E-state index >= 15 is 4.39 Å². The fraction of sp³-hybridized carbons (Fsp3) is 0.704. The Balaban J connectivity index is 1.66. The number of carbonyl (C=O) groups is 1. The van der Waals surface area contributed by atoms with Crippen LogP contribution >= 0.6 is 39.3 Å². The van der Waals surface area contributed by atoms with Crippen LogP contribution in [0.4, 0.5) is 15.0 Å². The molecule has 4 rings (SSSR count). The number of ether oxygens (including phenoxy) is 1. The summed E-state index contributed by atoms with van der Waals surface area (Å²) < 4.78 is 33.7. The van der Waals surface area contributed by atoms with Crippen LogP contribution in [0.1, 0.15) is 68.2 Å². The smallest absolute Gasteiger partial charge is 0.444 e. The van der Waals surface area contributed by atoms with E-state index in [-0.39, 0.29) is 29.9 Å². The van der Waals surface area contributed by atoms with Gasteiger partial charge in [-0.05, 0) is 82.9 Å². The second-order valence-electron chi connectivity index (χ2n) is 12.4. The number of pyridine rings is 1. The molecule has 0 N–H and O–H groups in total. The van der Waals surface area contributed by atoms with E-state index < -0.39 is 22.6 Å². The maximum Gasteiger partial charge on any atom is 0.457 e. The molecule has 1 atom stereocenters. The van der Waals surface area contributed by atoms with E-state index in [4.69, 9.17) is 30.6 Å². The zero-order chi connectivity index (χ0) is 30.3. The highest BCUT2D eigenvalue weighted by Gasteiger charge is 2.50. The van der Waals surface area contributed by atoms with E-state index in [1.165, 1.54) is 11.8 Å². The van der Waals surface area contributed by atoms with Gasteiger partial charge in [0.25, 0.3) is 0 Å². The number of piperazine rings is 1. The van der Waals surface area contributed by atoms with Crippen LogP contribution in [-0.2, 0) is 14.0 Å². The number of nitrogens with zero attached hydrogens (tertiary/aromatic N) is 5. The van der Waals surface area contributed by atoms with Crippen LogP contribution in [0.2, 0.25) is 11.5 Å². The molecule has 4 heterocycles. The van der Waals surface area contributed by atoms with Crippen molar-refractivity contribution in [2.75, 3.05) is 30.3 Å². The summed E-state index contributed by atoms with van der Waals surface area (Å²) in [5, 5.41) is 0.651. The van der Waals surface area contributed by atoms with Crippen molar-refractivity contribution < 1.29 is 23.2 Å². The summed E-state index contributed by atoms with van der Waals surface area (Å²) in [6, 6.07) is -0.137. The Labute approximate surface area is 259 Å². The van der Waals surface area contributed by atoms with Gasteiger partial charge in [-0.1, -0.05) is 36.7 Å². The van der Waals surface area contributed by atoms with Gasteiger partial charge in [0, 0.05) is 25.7 Å². The SMILES string of the molecule is CCSc1nc(N2CCN(C(=O)OC(C)(C)C)CC2CCCB2OC(C)(C)C(C)(C)O2)c2c(Br)nc(Cl)c(F)c2n1. The minimum atomic E-state index is -0.684. The molecule has 2 aromatic rings. The van der Waals surface area contributed by atoms with Crippen LogP contribution < -0.4 is 4.90 Å². The van der Waals surface area contributed by atoms with Crippen LogP contribution in [0.5, 0.6) is 0 Å². The molecule has 0 bridgehead atoms. The van der Waals surface area contributed by atoms with Gasteiger partial charge in [0.15, 0.2) is 16.1 Å². The summed E-state index contributed by atoms with van der Waals surface area (Å²) in [5.74, 6) is 0.595. The highest BCUT2D eigenvalue weighted by atomic mass is 79.9. The Morgan fingerprint density at radius 3 is 2.46 bits per heavy atom. The van der Waals surface area contributed by atoms with Crippen LogP contribution in [0.25, 0.3) is 10.9 Å². The van der Waals surface area contributed by atoms with Gasteiger partial charge in [-0.3, -0.25) is 0 Å². The molecule has 2 saturated heterocycles. The van der Waals surface area contributed by atoms with Crippen molar-refractivity contribution in [1.82, 2.24) is 19.9 Å². The number of halogens is 3. The lowest BCUT2D eigenvalue weighted by molar-refractivity contribution is 0.00578. The van der Waals surface area contributed by atoms with Crippen molar-refractivity contribution in [3.63, 3.8) is 0 Å². The minimum Gasteiger partial charge on any atom is -0.444 e. The highest BCUT2D eigenvalue weighted by molar-refractivity contribution is 9.10. The van der Waals surface area contributed by atoms with Crippen LogP contribution in [0, 0.1) is 5.82 Å². The second-order valence-corrected chi connectivity index (χ2v) is 14.7. The molecule has 2 aliphatic heterocycles. The number of carbonyl (C=O) groups excluding carboxylic acids is 1. The first kappa shape index (κ1) is 32.5. The molecule has 0 saturated carbocycles. The first-order chi connectivity index (χ1) is 19.0.